The van der Waals surface area contributed by atoms with Gasteiger partial charge in [-0.2, -0.15) is 0 Å². The smallest absolute Gasteiger partial charge is 0.265 e. The Balaban J connectivity index is 0.00000176. The summed E-state index contributed by atoms with van der Waals surface area (Å²) < 4.78 is 4.13. The van der Waals surface area contributed by atoms with E-state index < -0.39 is 0 Å². The van der Waals surface area contributed by atoms with Crippen molar-refractivity contribution < 1.29 is 21.5 Å². The summed E-state index contributed by atoms with van der Waals surface area (Å²) in [7, 11) is 0. The molecule has 1 aromatic heterocycles. The zero-order valence-corrected chi connectivity index (χ0v) is 14.3. The van der Waals surface area contributed by atoms with Crippen LogP contribution in [0.3, 0.4) is 0 Å². The molecule has 0 N–H and O–H groups in total. The summed E-state index contributed by atoms with van der Waals surface area (Å²) in [5, 5.41) is 4.43. The molecule has 0 saturated carbocycles. The molecule has 22 heavy (non-hydrogen) atoms. The van der Waals surface area contributed by atoms with Crippen molar-refractivity contribution in [1.82, 2.24) is 9.78 Å². The maximum absolute atomic E-state index is 4.43. The molecule has 0 bridgehead atoms. The first-order valence-corrected chi connectivity index (χ1v) is 7.30. The van der Waals surface area contributed by atoms with Crippen LogP contribution < -0.4 is 21.5 Å². The van der Waals surface area contributed by atoms with Crippen molar-refractivity contribution >= 4 is 0 Å². The van der Waals surface area contributed by atoms with Crippen LogP contribution in [0, 0.1) is 6.92 Å². The van der Waals surface area contributed by atoms with Crippen LogP contribution in [0.2, 0.25) is 0 Å². The Labute approximate surface area is 142 Å². The molecule has 4 heteroatoms. The number of hydrogen-bond acceptors (Lipinski definition) is 1. The van der Waals surface area contributed by atoms with Gasteiger partial charge < -0.3 is 17.0 Å². The Bertz CT molecular complexity index is 707. The molecule has 3 rings (SSSR count). The van der Waals surface area contributed by atoms with Crippen LogP contribution in [-0.2, 0) is 19.5 Å². The van der Waals surface area contributed by atoms with Crippen molar-refractivity contribution in [1.29, 1.82) is 0 Å². The van der Waals surface area contributed by atoms with Gasteiger partial charge in [-0.25, -0.2) is 4.57 Å². The second kappa shape index (κ2) is 7.90. The monoisotopic (exact) mass is 357 g/mol. The highest BCUT2D eigenvalue weighted by molar-refractivity contribution is 5.22. The van der Waals surface area contributed by atoms with Crippen molar-refractivity contribution in [3.05, 3.63) is 83.9 Å². The van der Waals surface area contributed by atoms with Gasteiger partial charge in [0.15, 0.2) is 0 Å². The molecule has 0 fully saturated rings. The fraction of sp³-hybridized carbons (Fsp3) is 0.222. The lowest BCUT2D eigenvalue weighted by atomic mass is 10.1. The first-order chi connectivity index (χ1) is 10.3. The van der Waals surface area contributed by atoms with Crippen molar-refractivity contribution in [3.63, 3.8) is 0 Å². The fourth-order valence-corrected chi connectivity index (χ4v) is 2.46. The highest BCUT2D eigenvalue weighted by atomic mass is 79.9. The van der Waals surface area contributed by atoms with Crippen LogP contribution in [-0.4, -0.2) is 9.78 Å². The van der Waals surface area contributed by atoms with Crippen LogP contribution in [0.4, 0.5) is 0 Å². The van der Waals surface area contributed by atoms with Gasteiger partial charge in [0.2, 0.25) is 6.33 Å². The Morgan fingerprint density at radius 3 is 2.55 bits per heavy atom. The summed E-state index contributed by atoms with van der Waals surface area (Å²) in [6, 6.07) is 19.1. The van der Waals surface area contributed by atoms with Crippen molar-refractivity contribution in [3.8, 4) is 0 Å². The molecule has 0 aliphatic carbocycles. The predicted octanol–water partition coefficient (Wildman–Crippen LogP) is -0.226. The number of hydrogen-bond donors (Lipinski definition) is 0. The van der Waals surface area contributed by atoms with E-state index in [4.69, 9.17) is 0 Å². The highest BCUT2D eigenvalue weighted by Gasteiger charge is 2.06. The molecular weight excluding hydrogens is 338 g/mol. The average molecular weight is 358 g/mol. The van der Waals surface area contributed by atoms with Crippen molar-refractivity contribution in [2.24, 2.45) is 0 Å². The van der Waals surface area contributed by atoms with Gasteiger partial charge >= 0.3 is 0 Å². The minimum absolute atomic E-state index is 0. The molecule has 3 aromatic rings. The van der Waals surface area contributed by atoms with Crippen LogP contribution >= 0.6 is 0 Å². The third-order valence-corrected chi connectivity index (χ3v) is 3.56. The first-order valence-electron chi connectivity index (χ1n) is 7.30. The van der Waals surface area contributed by atoms with Gasteiger partial charge in [0, 0.05) is 11.5 Å². The van der Waals surface area contributed by atoms with E-state index in [1.807, 2.05) is 11.0 Å². The lowest BCUT2D eigenvalue weighted by molar-refractivity contribution is -0.697. The van der Waals surface area contributed by atoms with Crippen molar-refractivity contribution in [2.75, 3.05) is 0 Å². The molecule has 1 heterocycles. The topological polar surface area (TPSA) is 21.7 Å². The standard InChI is InChI=1S/C18H20N3.BrH/c1-16-6-5-9-18(12-16)13-21-15-20(14-19-21)11-10-17-7-3-2-4-8-17;/h2-9,12,14-15H,10-11,13H2,1H3;1H/q+1;/p-1. The summed E-state index contributed by atoms with van der Waals surface area (Å²) in [5.74, 6) is 0. The minimum atomic E-state index is 0. The number of aromatic nitrogens is 3. The first kappa shape index (κ1) is 16.4. The van der Waals surface area contributed by atoms with Gasteiger partial charge in [-0.15, -0.1) is 4.68 Å². The lowest BCUT2D eigenvalue weighted by Crippen LogP contribution is -3.00. The number of halogens is 1. The average Bonchev–Trinajstić information content (AvgIpc) is 2.94. The molecule has 2 aromatic carbocycles. The Hall–Kier alpha value is -1.94. The third kappa shape index (κ3) is 4.53. The maximum Gasteiger partial charge on any atom is 0.265 e. The van der Waals surface area contributed by atoms with Crippen LogP contribution in [0.15, 0.2) is 67.3 Å². The van der Waals surface area contributed by atoms with Gasteiger partial charge in [0.1, 0.15) is 6.54 Å². The zero-order valence-electron chi connectivity index (χ0n) is 12.7. The maximum atomic E-state index is 4.43. The predicted molar refractivity (Wildman–Crippen MR) is 82.8 cm³/mol. The number of aryl methyl sites for hydroxylation is 3. The van der Waals surface area contributed by atoms with Gasteiger partial charge in [0.05, 0.1) is 6.54 Å². The molecule has 0 atom stereocenters. The van der Waals surface area contributed by atoms with Gasteiger partial charge in [-0.3, -0.25) is 0 Å². The second-order valence-corrected chi connectivity index (χ2v) is 5.41. The van der Waals surface area contributed by atoms with Crippen molar-refractivity contribution in [2.45, 2.75) is 26.4 Å². The van der Waals surface area contributed by atoms with E-state index in [1.54, 1.807) is 0 Å². The quantitative estimate of drug-likeness (QED) is 0.578. The van der Waals surface area contributed by atoms with E-state index >= 15 is 0 Å². The molecule has 0 spiro atoms. The second-order valence-electron chi connectivity index (χ2n) is 5.41. The van der Waals surface area contributed by atoms with E-state index in [0.717, 1.165) is 19.5 Å². The summed E-state index contributed by atoms with van der Waals surface area (Å²) in [6.07, 6.45) is 5.01. The molecule has 0 saturated heterocycles. The molecular formula is C18H20BrN3. The minimum Gasteiger partial charge on any atom is -1.00 e. The van der Waals surface area contributed by atoms with E-state index in [2.05, 4.69) is 77.5 Å². The molecule has 3 nitrogen and oxygen atoms in total. The Morgan fingerprint density at radius 1 is 1.00 bits per heavy atom. The third-order valence-electron chi connectivity index (χ3n) is 3.56. The van der Waals surface area contributed by atoms with Crippen LogP contribution in [0.5, 0.6) is 0 Å². The van der Waals surface area contributed by atoms with Crippen LogP contribution in [0.1, 0.15) is 16.7 Å². The molecule has 114 valence electrons. The SMILES string of the molecule is Cc1cccc(Cn2c[n+](CCc3ccccc3)cn2)c1.[Br-]. The van der Waals surface area contributed by atoms with Gasteiger partial charge in [-0.1, -0.05) is 60.2 Å². The number of rotatable bonds is 5. The molecule has 0 amide bonds. The summed E-state index contributed by atoms with van der Waals surface area (Å²) >= 11 is 0. The highest BCUT2D eigenvalue weighted by Crippen LogP contribution is 2.05. The Morgan fingerprint density at radius 2 is 1.77 bits per heavy atom. The molecule has 0 radical (unpaired) electrons. The largest absolute Gasteiger partial charge is 1.00 e. The van der Waals surface area contributed by atoms with Crippen LogP contribution in [0.25, 0.3) is 0 Å². The summed E-state index contributed by atoms with van der Waals surface area (Å²) in [5.41, 5.74) is 3.93. The molecule has 0 aliphatic rings. The summed E-state index contributed by atoms with van der Waals surface area (Å²) in [4.78, 5) is 0. The van der Waals surface area contributed by atoms with E-state index in [9.17, 15) is 0 Å². The molecule has 0 aliphatic heterocycles. The van der Waals surface area contributed by atoms with E-state index in [1.165, 1.54) is 16.7 Å². The van der Waals surface area contributed by atoms with E-state index in [0.29, 0.717) is 0 Å². The Kier molecular flexibility index (Phi) is 5.90. The lowest BCUT2D eigenvalue weighted by Gasteiger charge is -1.99. The normalized spacial score (nSPS) is 10.2. The summed E-state index contributed by atoms with van der Waals surface area (Å²) in [6.45, 7) is 3.89. The zero-order chi connectivity index (χ0) is 14.5. The van der Waals surface area contributed by atoms with E-state index in [-0.39, 0.29) is 17.0 Å². The fourth-order valence-electron chi connectivity index (χ4n) is 2.46. The van der Waals surface area contributed by atoms with Gasteiger partial charge in [0.25, 0.3) is 6.33 Å². The number of benzene rings is 2. The number of nitrogens with zero attached hydrogens (tertiary/aromatic N) is 3. The van der Waals surface area contributed by atoms with Gasteiger partial charge in [-0.05, 0) is 18.1 Å². The molecule has 0 unspecified atom stereocenters.